The maximum atomic E-state index is 9.16. The van der Waals surface area contributed by atoms with Crippen molar-refractivity contribution in [1.82, 2.24) is 0 Å². The molecule has 30 heavy (non-hydrogen) atoms. The number of nitrogens with zero attached hydrogens (tertiary/aromatic N) is 3. The van der Waals surface area contributed by atoms with E-state index in [1.807, 2.05) is 25.1 Å². The molecule has 150 valence electrons. The van der Waals surface area contributed by atoms with Gasteiger partial charge in [0, 0.05) is 42.1 Å². The molecule has 3 heterocycles. The third kappa shape index (κ3) is 4.00. The molecule has 4 rings (SSSR count). The standard InChI is InChI=1S/C24H21N3O3/c1-16-9-21(13-22-11-18(10-17(2)29-22)19(14-25)15-26)30-24-12-20(3-4-23(16)24)27-5-7-28-8-6-27/h3-4,9-13H,5-8H2,1-2H3. The second-order valence-corrected chi connectivity index (χ2v) is 7.21. The highest BCUT2D eigenvalue weighted by atomic mass is 16.5. The van der Waals surface area contributed by atoms with Crippen molar-refractivity contribution in [2.75, 3.05) is 31.2 Å². The number of rotatable bonds is 2. The average molecular weight is 399 g/mol. The predicted octanol–water partition coefficient (Wildman–Crippen LogP) is 4.36. The van der Waals surface area contributed by atoms with Gasteiger partial charge in [0.25, 0.3) is 0 Å². The van der Waals surface area contributed by atoms with E-state index in [9.17, 15) is 0 Å². The molecule has 3 aliphatic heterocycles. The average Bonchev–Trinajstić information content (AvgIpc) is 2.74. The van der Waals surface area contributed by atoms with Crippen LogP contribution in [0, 0.1) is 22.7 Å². The fraction of sp³-hybridized carbons (Fsp3) is 0.250. The summed E-state index contributed by atoms with van der Waals surface area (Å²) in [6, 6.07) is 10.1. The monoisotopic (exact) mass is 399 g/mol. The summed E-state index contributed by atoms with van der Waals surface area (Å²) in [7, 11) is 0. The summed E-state index contributed by atoms with van der Waals surface area (Å²) in [6.45, 7) is 6.99. The molecule has 0 atom stereocenters. The second-order valence-electron chi connectivity index (χ2n) is 7.21. The van der Waals surface area contributed by atoms with Gasteiger partial charge in [0.15, 0.2) is 0 Å². The van der Waals surface area contributed by atoms with E-state index in [4.69, 9.17) is 24.7 Å². The molecular weight excluding hydrogens is 378 g/mol. The fourth-order valence-electron chi connectivity index (χ4n) is 3.63. The van der Waals surface area contributed by atoms with Gasteiger partial charge in [-0.15, -0.1) is 0 Å². The van der Waals surface area contributed by atoms with Gasteiger partial charge in [-0.2, -0.15) is 10.5 Å². The normalized spacial score (nSPS) is 19.3. The Bertz CT molecular complexity index is 1100. The van der Waals surface area contributed by atoms with E-state index in [1.165, 1.54) is 0 Å². The number of anilines is 1. The molecule has 0 bridgehead atoms. The molecule has 0 amide bonds. The van der Waals surface area contributed by atoms with Gasteiger partial charge in [-0.3, -0.25) is 0 Å². The Hall–Kier alpha value is -3.74. The van der Waals surface area contributed by atoms with Gasteiger partial charge in [-0.25, -0.2) is 0 Å². The van der Waals surface area contributed by atoms with Crippen LogP contribution in [-0.2, 0) is 9.47 Å². The van der Waals surface area contributed by atoms with E-state index >= 15 is 0 Å². The lowest BCUT2D eigenvalue weighted by Crippen LogP contribution is -2.36. The first kappa shape index (κ1) is 19.6. The number of ether oxygens (including phenoxy) is 3. The van der Waals surface area contributed by atoms with Crippen LogP contribution < -0.4 is 9.64 Å². The van der Waals surface area contributed by atoms with Crippen molar-refractivity contribution in [1.29, 1.82) is 10.5 Å². The van der Waals surface area contributed by atoms with E-state index in [0.717, 1.165) is 48.9 Å². The molecule has 3 aliphatic rings. The minimum absolute atomic E-state index is 0.0466. The smallest absolute Gasteiger partial charge is 0.137 e. The molecule has 0 aliphatic carbocycles. The van der Waals surface area contributed by atoms with Crippen molar-refractivity contribution in [3.8, 4) is 17.9 Å². The number of allylic oxidation sites excluding steroid dienone is 8. The Labute approximate surface area is 175 Å². The van der Waals surface area contributed by atoms with Crippen LogP contribution in [0.15, 0.2) is 70.9 Å². The molecule has 1 saturated heterocycles. The quantitative estimate of drug-likeness (QED) is 0.688. The van der Waals surface area contributed by atoms with Crippen LogP contribution in [0.4, 0.5) is 5.69 Å². The third-order valence-corrected chi connectivity index (χ3v) is 5.09. The molecule has 1 aromatic carbocycles. The van der Waals surface area contributed by atoms with Crippen LogP contribution in [0.5, 0.6) is 5.75 Å². The highest BCUT2D eigenvalue weighted by Crippen LogP contribution is 2.37. The first-order valence-electron chi connectivity index (χ1n) is 9.74. The minimum Gasteiger partial charge on any atom is -0.462 e. The Morgan fingerprint density at radius 1 is 1.03 bits per heavy atom. The van der Waals surface area contributed by atoms with E-state index in [0.29, 0.717) is 22.9 Å². The molecule has 0 spiro atoms. The highest BCUT2D eigenvalue weighted by molar-refractivity contribution is 5.76. The van der Waals surface area contributed by atoms with E-state index in [2.05, 4.69) is 23.1 Å². The lowest BCUT2D eigenvalue weighted by molar-refractivity contribution is 0.122. The number of benzene rings is 1. The summed E-state index contributed by atoms with van der Waals surface area (Å²) >= 11 is 0. The number of fused-ring (bicyclic) bond motifs is 1. The first-order chi connectivity index (χ1) is 14.6. The SMILES string of the molecule is CC1=CC(=C(C#N)C#N)C=C(C=C2C=C(C)c3ccc(N4CCOCC4)cc3O2)O1. The zero-order chi connectivity index (χ0) is 21.1. The number of morpholine rings is 1. The lowest BCUT2D eigenvalue weighted by Gasteiger charge is -2.30. The summed E-state index contributed by atoms with van der Waals surface area (Å²) < 4.78 is 17.4. The van der Waals surface area contributed by atoms with Crippen molar-refractivity contribution >= 4 is 11.3 Å². The predicted molar refractivity (Wildman–Crippen MR) is 113 cm³/mol. The molecule has 0 aromatic heterocycles. The van der Waals surface area contributed by atoms with Gasteiger partial charge in [-0.1, -0.05) is 0 Å². The van der Waals surface area contributed by atoms with Gasteiger partial charge in [0.05, 0.1) is 13.2 Å². The maximum Gasteiger partial charge on any atom is 0.137 e. The third-order valence-electron chi connectivity index (χ3n) is 5.09. The summed E-state index contributed by atoms with van der Waals surface area (Å²) in [6.07, 6.45) is 7.08. The highest BCUT2D eigenvalue weighted by Gasteiger charge is 2.19. The number of hydrogen-bond donors (Lipinski definition) is 0. The van der Waals surface area contributed by atoms with E-state index < -0.39 is 0 Å². The molecule has 0 radical (unpaired) electrons. The molecule has 0 saturated carbocycles. The topological polar surface area (TPSA) is 78.5 Å². The molecule has 0 unspecified atom stereocenters. The van der Waals surface area contributed by atoms with Crippen molar-refractivity contribution in [2.45, 2.75) is 13.8 Å². The van der Waals surface area contributed by atoms with Gasteiger partial charge in [0.2, 0.25) is 0 Å². The van der Waals surface area contributed by atoms with Gasteiger partial charge >= 0.3 is 0 Å². The fourth-order valence-corrected chi connectivity index (χ4v) is 3.63. The van der Waals surface area contributed by atoms with Crippen LogP contribution in [-0.4, -0.2) is 26.3 Å². The van der Waals surface area contributed by atoms with Gasteiger partial charge < -0.3 is 19.1 Å². The maximum absolute atomic E-state index is 9.16. The summed E-state index contributed by atoms with van der Waals surface area (Å²) in [5.74, 6) is 2.54. The largest absolute Gasteiger partial charge is 0.462 e. The lowest BCUT2D eigenvalue weighted by atomic mass is 10.0. The van der Waals surface area contributed by atoms with Crippen LogP contribution in [0.1, 0.15) is 19.4 Å². The summed E-state index contributed by atoms with van der Waals surface area (Å²) in [5, 5.41) is 18.3. The van der Waals surface area contributed by atoms with Crippen LogP contribution in [0.25, 0.3) is 5.57 Å². The van der Waals surface area contributed by atoms with Crippen molar-refractivity contribution in [3.63, 3.8) is 0 Å². The second kappa shape index (κ2) is 8.32. The number of nitriles is 2. The zero-order valence-electron chi connectivity index (χ0n) is 16.9. The van der Waals surface area contributed by atoms with Crippen molar-refractivity contribution in [2.24, 2.45) is 0 Å². The van der Waals surface area contributed by atoms with Gasteiger partial charge in [0.1, 0.15) is 40.7 Å². The Kier molecular flexibility index (Phi) is 5.43. The van der Waals surface area contributed by atoms with Gasteiger partial charge in [-0.05, 0) is 49.8 Å². The van der Waals surface area contributed by atoms with Crippen molar-refractivity contribution < 1.29 is 14.2 Å². The van der Waals surface area contributed by atoms with Crippen LogP contribution in [0.3, 0.4) is 0 Å². The minimum atomic E-state index is 0.0466. The van der Waals surface area contributed by atoms with Crippen LogP contribution >= 0.6 is 0 Å². The molecule has 0 N–H and O–H groups in total. The number of hydrogen-bond acceptors (Lipinski definition) is 6. The summed E-state index contributed by atoms with van der Waals surface area (Å²) in [4.78, 5) is 2.29. The molecule has 6 heteroatoms. The Morgan fingerprint density at radius 2 is 1.80 bits per heavy atom. The Morgan fingerprint density at radius 3 is 2.53 bits per heavy atom. The van der Waals surface area contributed by atoms with Crippen molar-refractivity contribution in [3.05, 3.63) is 76.5 Å². The molecule has 6 nitrogen and oxygen atoms in total. The Balaban J connectivity index is 1.65. The molecular formula is C24H21N3O3. The van der Waals surface area contributed by atoms with E-state index in [-0.39, 0.29) is 5.57 Å². The van der Waals surface area contributed by atoms with Crippen LogP contribution in [0.2, 0.25) is 0 Å². The zero-order valence-corrected chi connectivity index (χ0v) is 16.9. The first-order valence-corrected chi connectivity index (χ1v) is 9.74. The summed E-state index contributed by atoms with van der Waals surface area (Å²) in [5.41, 5.74) is 3.82. The molecule has 1 fully saturated rings. The van der Waals surface area contributed by atoms with E-state index in [1.54, 1.807) is 25.2 Å². The molecule has 1 aromatic rings.